The molecule has 2 rings (SSSR count). The van der Waals surface area contributed by atoms with Crippen molar-refractivity contribution in [3.8, 4) is 0 Å². The molecule has 0 spiro atoms. The largest absolute Gasteiger partial charge is 0.439 e. The van der Waals surface area contributed by atoms with Crippen LogP contribution in [0.15, 0.2) is 24.3 Å². The molecule has 5 heteroatoms. The molecule has 2 N–H and O–H groups in total. The normalized spacial score (nSPS) is 24.8. The second kappa shape index (κ2) is 4.08. The highest BCUT2D eigenvalue weighted by molar-refractivity contribution is 6.30. The molecule has 1 heterocycles. The summed E-state index contributed by atoms with van der Waals surface area (Å²) < 4.78 is 5.04. The number of aliphatic hydroxyl groups is 1. The van der Waals surface area contributed by atoms with Crippen LogP contribution in [-0.4, -0.2) is 23.8 Å². The maximum atomic E-state index is 11.0. The molecule has 1 aliphatic heterocycles. The minimum Gasteiger partial charge on any atom is -0.439 e. The number of rotatable bonds is 2. The molecule has 0 aromatic heterocycles. The maximum Gasteiger partial charge on any atom is 0.408 e. The van der Waals surface area contributed by atoms with E-state index in [0.717, 1.165) is 5.56 Å². The monoisotopic (exact) mass is 227 g/mol. The molecule has 1 amide bonds. The maximum absolute atomic E-state index is 11.0. The van der Waals surface area contributed by atoms with Gasteiger partial charge in [0, 0.05) is 5.02 Å². The highest BCUT2D eigenvalue weighted by Crippen LogP contribution is 2.27. The van der Waals surface area contributed by atoms with Gasteiger partial charge in [0.15, 0.2) is 6.10 Å². The Morgan fingerprint density at radius 2 is 2.33 bits per heavy atom. The summed E-state index contributed by atoms with van der Waals surface area (Å²) in [7, 11) is 0. The molecule has 0 bridgehead atoms. The van der Waals surface area contributed by atoms with Crippen molar-refractivity contribution in [3.05, 3.63) is 34.9 Å². The van der Waals surface area contributed by atoms with Crippen molar-refractivity contribution < 1.29 is 14.6 Å². The van der Waals surface area contributed by atoms with Crippen molar-refractivity contribution in [1.82, 2.24) is 5.32 Å². The van der Waals surface area contributed by atoms with Crippen LogP contribution in [-0.2, 0) is 4.74 Å². The van der Waals surface area contributed by atoms with E-state index in [9.17, 15) is 4.79 Å². The van der Waals surface area contributed by atoms with E-state index in [4.69, 9.17) is 21.4 Å². The Balaban J connectivity index is 2.26. The Bertz CT molecular complexity index is 383. The highest BCUT2D eigenvalue weighted by Gasteiger charge is 2.34. The van der Waals surface area contributed by atoms with Gasteiger partial charge in [0.2, 0.25) is 0 Å². The van der Waals surface area contributed by atoms with Gasteiger partial charge in [0.05, 0.1) is 12.6 Å². The summed E-state index contributed by atoms with van der Waals surface area (Å²) in [5.41, 5.74) is 0.778. The number of ether oxygens (including phenoxy) is 1. The third-order valence-electron chi connectivity index (χ3n) is 2.28. The molecular formula is C10H10ClNO3. The Morgan fingerprint density at radius 1 is 1.53 bits per heavy atom. The Morgan fingerprint density at radius 3 is 3.00 bits per heavy atom. The molecule has 0 radical (unpaired) electrons. The average molecular weight is 228 g/mol. The summed E-state index contributed by atoms with van der Waals surface area (Å²) in [6, 6.07) is 6.63. The Hall–Kier alpha value is -1.26. The fourth-order valence-electron chi connectivity index (χ4n) is 1.58. The first kappa shape index (κ1) is 10.3. The topological polar surface area (TPSA) is 58.6 Å². The highest BCUT2D eigenvalue weighted by atomic mass is 35.5. The molecule has 0 saturated carbocycles. The number of aliphatic hydroxyl groups excluding tert-OH is 1. The number of hydrogen-bond donors (Lipinski definition) is 2. The zero-order valence-corrected chi connectivity index (χ0v) is 8.57. The summed E-state index contributed by atoms with van der Waals surface area (Å²) in [5.74, 6) is 0. The van der Waals surface area contributed by atoms with Crippen molar-refractivity contribution in [1.29, 1.82) is 0 Å². The minimum atomic E-state index is -0.515. The second-order valence-corrected chi connectivity index (χ2v) is 3.75. The number of carbonyl (C=O) groups is 1. The van der Waals surface area contributed by atoms with Crippen molar-refractivity contribution in [3.63, 3.8) is 0 Å². The molecule has 1 aromatic carbocycles. The smallest absolute Gasteiger partial charge is 0.408 e. The fraction of sp³-hybridized carbons (Fsp3) is 0.300. The number of amides is 1. The number of hydrogen-bond acceptors (Lipinski definition) is 3. The second-order valence-electron chi connectivity index (χ2n) is 3.31. The van der Waals surface area contributed by atoms with Crippen LogP contribution in [0, 0.1) is 0 Å². The number of benzene rings is 1. The van der Waals surface area contributed by atoms with Gasteiger partial charge in [-0.15, -0.1) is 0 Å². The molecule has 80 valence electrons. The summed E-state index contributed by atoms with van der Waals surface area (Å²) in [6.07, 6.45) is -0.986. The molecule has 1 aromatic rings. The van der Waals surface area contributed by atoms with E-state index in [1.165, 1.54) is 0 Å². The van der Waals surface area contributed by atoms with Crippen molar-refractivity contribution in [2.45, 2.75) is 12.1 Å². The zero-order chi connectivity index (χ0) is 10.8. The first-order valence-corrected chi connectivity index (χ1v) is 4.92. The molecule has 1 fully saturated rings. The zero-order valence-electron chi connectivity index (χ0n) is 7.81. The summed E-state index contributed by atoms with van der Waals surface area (Å²) >= 11 is 5.83. The lowest BCUT2D eigenvalue weighted by Crippen LogP contribution is -2.31. The van der Waals surface area contributed by atoms with Gasteiger partial charge in [-0.3, -0.25) is 0 Å². The summed E-state index contributed by atoms with van der Waals surface area (Å²) in [4.78, 5) is 11.0. The van der Waals surface area contributed by atoms with Gasteiger partial charge < -0.3 is 15.2 Å². The molecule has 1 saturated heterocycles. The molecule has 2 atom stereocenters. The van der Waals surface area contributed by atoms with Crippen LogP contribution < -0.4 is 5.32 Å². The quantitative estimate of drug-likeness (QED) is 0.805. The van der Waals surface area contributed by atoms with Crippen LogP contribution >= 0.6 is 11.6 Å². The van der Waals surface area contributed by atoms with E-state index < -0.39 is 18.2 Å². The van der Waals surface area contributed by atoms with E-state index >= 15 is 0 Å². The number of halogens is 1. The van der Waals surface area contributed by atoms with E-state index in [1.807, 2.05) is 0 Å². The first-order chi connectivity index (χ1) is 7.20. The van der Waals surface area contributed by atoms with Gasteiger partial charge in [-0.25, -0.2) is 4.79 Å². The number of alkyl carbamates (subject to hydrolysis) is 1. The van der Waals surface area contributed by atoms with E-state index in [2.05, 4.69) is 5.32 Å². The van der Waals surface area contributed by atoms with Crippen molar-refractivity contribution in [2.24, 2.45) is 0 Å². The van der Waals surface area contributed by atoms with Crippen LogP contribution in [0.5, 0.6) is 0 Å². The SMILES string of the molecule is O=C1NC(CO)[C@@H](c2cccc(Cl)c2)O1. The number of cyclic esters (lactones) is 1. The molecule has 1 unspecified atom stereocenters. The van der Waals surface area contributed by atoms with E-state index in [0.29, 0.717) is 5.02 Å². The van der Waals surface area contributed by atoms with Gasteiger partial charge in [-0.2, -0.15) is 0 Å². The van der Waals surface area contributed by atoms with Crippen LogP contribution in [0.25, 0.3) is 0 Å². The lowest BCUT2D eigenvalue weighted by atomic mass is 10.0. The molecule has 0 aliphatic carbocycles. The number of carbonyl (C=O) groups excluding carboxylic acids is 1. The predicted molar refractivity (Wildman–Crippen MR) is 54.7 cm³/mol. The molecule has 4 nitrogen and oxygen atoms in total. The lowest BCUT2D eigenvalue weighted by molar-refractivity contribution is 0.119. The summed E-state index contributed by atoms with van der Waals surface area (Å²) in [5, 5.41) is 12.2. The Kier molecular flexibility index (Phi) is 2.79. The van der Waals surface area contributed by atoms with E-state index in [1.54, 1.807) is 24.3 Å². The van der Waals surface area contributed by atoms with Gasteiger partial charge >= 0.3 is 6.09 Å². The first-order valence-electron chi connectivity index (χ1n) is 4.54. The molecule has 15 heavy (non-hydrogen) atoms. The van der Waals surface area contributed by atoms with Gasteiger partial charge in [0.25, 0.3) is 0 Å². The van der Waals surface area contributed by atoms with Crippen molar-refractivity contribution >= 4 is 17.7 Å². The average Bonchev–Trinajstić information content (AvgIpc) is 2.59. The third-order valence-corrected chi connectivity index (χ3v) is 2.51. The summed E-state index contributed by atoms with van der Waals surface area (Å²) in [6.45, 7) is -0.164. The minimum absolute atomic E-state index is 0.164. The van der Waals surface area contributed by atoms with E-state index in [-0.39, 0.29) is 6.61 Å². The lowest BCUT2D eigenvalue weighted by Gasteiger charge is -2.14. The number of nitrogens with one attached hydrogen (secondary N) is 1. The Labute approximate surface area is 91.8 Å². The van der Waals surface area contributed by atoms with Crippen LogP contribution in [0.2, 0.25) is 5.02 Å². The van der Waals surface area contributed by atoms with Gasteiger partial charge in [-0.1, -0.05) is 23.7 Å². The van der Waals surface area contributed by atoms with Crippen LogP contribution in [0.3, 0.4) is 0 Å². The molecule has 1 aliphatic rings. The van der Waals surface area contributed by atoms with Gasteiger partial charge in [-0.05, 0) is 17.7 Å². The van der Waals surface area contributed by atoms with Crippen molar-refractivity contribution in [2.75, 3.05) is 6.61 Å². The van der Waals surface area contributed by atoms with Crippen LogP contribution in [0.1, 0.15) is 11.7 Å². The predicted octanol–water partition coefficient (Wildman–Crippen LogP) is 1.48. The third kappa shape index (κ3) is 2.06. The fourth-order valence-corrected chi connectivity index (χ4v) is 1.78. The van der Waals surface area contributed by atoms with Gasteiger partial charge in [0.1, 0.15) is 0 Å². The molecular weight excluding hydrogens is 218 g/mol. The standard InChI is InChI=1S/C10H10ClNO3/c11-7-3-1-2-6(4-7)9-8(5-13)12-10(14)15-9/h1-4,8-9,13H,5H2,(H,12,14)/t8?,9-/m1/s1. The van der Waals surface area contributed by atoms with Crippen LogP contribution in [0.4, 0.5) is 4.79 Å².